The van der Waals surface area contributed by atoms with Crippen LogP contribution in [0.1, 0.15) is 22.3 Å². The Hall–Kier alpha value is -4.14. The van der Waals surface area contributed by atoms with Crippen LogP contribution in [0.4, 0.5) is 5.69 Å². The van der Waals surface area contributed by atoms with Gasteiger partial charge in [0.2, 0.25) is 0 Å². The minimum Gasteiger partial charge on any atom is -0.489 e. The van der Waals surface area contributed by atoms with Crippen LogP contribution < -0.4 is 14.5 Å². The van der Waals surface area contributed by atoms with Gasteiger partial charge in [0.1, 0.15) is 18.9 Å². The highest BCUT2D eigenvalue weighted by atomic mass is 35.5. The second kappa shape index (κ2) is 12.6. The summed E-state index contributed by atoms with van der Waals surface area (Å²) in [6.07, 6.45) is 1.47. The first kappa shape index (κ1) is 27.9. The summed E-state index contributed by atoms with van der Waals surface area (Å²) < 4.78 is 34.0. The topological polar surface area (TPSA) is 88.1 Å². The molecule has 200 valence electrons. The molecule has 7 nitrogen and oxygen atoms in total. The number of carbonyl (C=O) groups is 1. The summed E-state index contributed by atoms with van der Waals surface area (Å²) >= 11 is 6.27. The number of aryl methyl sites for hydroxylation is 1. The van der Waals surface area contributed by atoms with E-state index in [-0.39, 0.29) is 4.90 Å². The fourth-order valence-corrected chi connectivity index (χ4v) is 5.39. The maximum atomic E-state index is 13.6. The number of benzene rings is 4. The molecule has 0 fully saturated rings. The number of nitrogens with zero attached hydrogens (tertiary/aromatic N) is 2. The van der Waals surface area contributed by atoms with E-state index < -0.39 is 22.5 Å². The molecule has 39 heavy (non-hydrogen) atoms. The first-order valence-corrected chi connectivity index (χ1v) is 14.0. The lowest BCUT2D eigenvalue weighted by Crippen LogP contribution is -2.40. The molecule has 0 aromatic heterocycles. The molecule has 1 amide bonds. The summed E-state index contributed by atoms with van der Waals surface area (Å²) in [6.45, 7) is 3.55. The molecule has 0 saturated carbocycles. The Morgan fingerprint density at radius 3 is 2.31 bits per heavy atom. The van der Waals surface area contributed by atoms with Crippen molar-refractivity contribution in [2.75, 3.05) is 10.8 Å². The van der Waals surface area contributed by atoms with Crippen LogP contribution in [0.15, 0.2) is 107 Å². The van der Waals surface area contributed by atoms with Crippen molar-refractivity contribution in [2.24, 2.45) is 5.10 Å². The zero-order valence-corrected chi connectivity index (χ0v) is 23.1. The Morgan fingerprint density at radius 2 is 1.62 bits per heavy atom. The number of ether oxygens (including phenoxy) is 1. The van der Waals surface area contributed by atoms with Crippen molar-refractivity contribution in [3.8, 4) is 5.75 Å². The number of amides is 1. The SMILES string of the molecule is Cc1ccc(S(=O)(=O)N(CC(=O)N/N=C\c2ccc(OCc3ccccc3)cc2)c2cccc(Cl)c2C)cc1. The van der Waals surface area contributed by atoms with Crippen LogP contribution in [0.2, 0.25) is 5.02 Å². The highest BCUT2D eigenvalue weighted by Gasteiger charge is 2.28. The molecule has 0 spiro atoms. The Morgan fingerprint density at radius 1 is 0.923 bits per heavy atom. The number of hydrazone groups is 1. The van der Waals surface area contributed by atoms with Gasteiger partial charge in [-0.2, -0.15) is 5.10 Å². The lowest BCUT2D eigenvalue weighted by molar-refractivity contribution is -0.119. The molecule has 0 aliphatic carbocycles. The maximum absolute atomic E-state index is 13.6. The number of sulfonamides is 1. The van der Waals surface area contributed by atoms with Crippen LogP contribution in [0, 0.1) is 13.8 Å². The van der Waals surface area contributed by atoms with Crippen LogP contribution in [-0.4, -0.2) is 27.1 Å². The van der Waals surface area contributed by atoms with Gasteiger partial charge in [-0.25, -0.2) is 13.8 Å². The van der Waals surface area contributed by atoms with Gasteiger partial charge in [-0.1, -0.05) is 65.7 Å². The Labute approximate surface area is 233 Å². The van der Waals surface area contributed by atoms with E-state index in [9.17, 15) is 13.2 Å². The van der Waals surface area contributed by atoms with Gasteiger partial charge < -0.3 is 4.74 Å². The second-order valence-electron chi connectivity index (χ2n) is 8.85. The molecule has 0 saturated heterocycles. The van der Waals surface area contributed by atoms with Crippen molar-refractivity contribution in [3.05, 3.63) is 124 Å². The molecular weight excluding hydrogens is 534 g/mol. The number of carbonyl (C=O) groups excluding carboxylic acids is 1. The maximum Gasteiger partial charge on any atom is 0.264 e. The van der Waals surface area contributed by atoms with Gasteiger partial charge in [-0.05, 0) is 79.1 Å². The molecular formula is C30H28ClN3O4S. The average Bonchev–Trinajstić information content (AvgIpc) is 2.94. The summed E-state index contributed by atoms with van der Waals surface area (Å²) in [5.41, 5.74) is 5.99. The minimum atomic E-state index is -4.06. The molecule has 9 heteroatoms. The third-order valence-electron chi connectivity index (χ3n) is 5.94. The van der Waals surface area contributed by atoms with Crippen molar-refractivity contribution in [3.63, 3.8) is 0 Å². The summed E-state index contributed by atoms with van der Waals surface area (Å²) in [5.74, 6) is 0.0954. The quantitative estimate of drug-likeness (QED) is 0.193. The number of hydrogen-bond donors (Lipinski definition) is 1. The van der Waals surface area contributed by atoms with E-state index in [1.807, 2.05) is 49.4 Å². The van der Waals surface area contributed by atoms with Gasteiger partial charge in [0.05, 0.1) is 16.8 Å². The molecule has 4 aromatic carbocycles. The predicted molar refractivity (Wildman–Crippen MR) is 155 cm³/mol. The lowest BCUT2D eigenvalue weighted by atomic mass is 10.2. The van der Waals surface area contributed by atoms with Crippen LogP contribution >= 0.6 is 11.6 Å². The smallest absolute Gasteiger partial charge is 0.264 e. The molecule has 0 radical (unpaired) electrons. The molecule has 0 heterocycles. The van der Waals surface area contributed by atoms with E-state index >= 15 is 0 Å². The predicted octanol–water partition coefficient (Wildman–Crippen LogP) is 5.88. The zero-order chi connectivity index (χ0) is 27.8. The lowest BCUT2D eigenvalue weighted by Gasteiger charge is -2.25. The monoisotopic (exact) mass is 561 g/mol. The summed E-state index contributed by atoms with van der Waals surface area (Å²) in [5, 5.41) is 4.40. The molecule has 1 N–H and O–H groups in total. The summed E-state index contributed by atoms with van der Waals surface area (Å²) in [4.78, 5) is 12.9. The van der Waals surface area contributed by atoms with Crippen LogP contribution in [0.25, 0.3) is 0 Å². The van der Waals surface area contributed by atoms with Gasteiger partial charge in [-0.3, -0.25) is 9.10 Å². The minimum absolute atomic E-state index is 0.0679. The molecule has 4 aromatic rings. The van der Waals surface area contributed by atoms with E-state index in [1.165, 1.54) is 18.3 Å². The third kappa shape index (κ3) is 7.25. The number of halogens is 1. The van der Waals surface area contributed by atoms with Gasteiger partial charge >= 0.3 is 0 Å². The van der Waals surface area contributed by atoms with Gasteiger partial charge in [0.15, 0.2) is 0 Å². The number of hydrogen-bond acceptors (Lipinski definition) is 5. The highest BCUT2D eigenvalue weighted by Crippen LogP contribution is 2.30. The molecule has 0 atom stereocenters. The van der Waals surface area contributed by atoms with E-state index in [1.54, 1.807) is 49.4 Å². The average molecular weight is 562 g/mol. The van der Waals surface area contributed by atoms with Crippen LogP contribution in [0.3, 0.4) is 0 Å². The van der Waals surface area contributed by atoms with Crippen molar-refractivity contribution >= 4 is 39.4 Å². The van der Waals surface area contributed by atoms with Crippen molar-refractivity contribution in [1.82, 2.24) is 5.43 Å². The fraction of sp³-hybridized carbons (Fsp3) is 0.133. The van der Waals surface area contributed by atoms with Crippen LogP contribution in [-0.2, 0) is 21.4 Å². The van der Waals surface area contributed by atoms with Gasteiger partial charge in [0, 0.05) is 5.02 Å². The van der Waals surface area contributed by atoms with Crippen LogP contribution in [0.5, 0.6) is 5.75 Å². The molecule has 0 aliphatic rings. The van der Waals surface area contributed by atoms with E-state index in [0.29, 0.717) is 28.6 Å². The highest BCUT2D eigenvalue weighted by molar-refractivity contribution is 7.92. The summed E-state index contributed by atoms with van der Waals surface area (Å²) in [6, 6.07) is 28.4. The Bertz CT molecular complexity index is 1560. The first-order chi connectivity index (χ1) is 18.7. The zero-order valence-electron chi connectivity index (χ0n) is 21.5. The van der Waals surface area contributed by atoms with Gasteiger partial charge in [-0.15, -0.1) is 0 Å². The molecule has 0 aliphatic heterocycles. The largest absolute Gasteiger partial charge is 0.489 e. The van der Waals surface area contributed by atoms with Crippen molar-refractivity contribution in [2.45, 2.75) is 25.3 Å². The van der Waals surface area contributed by atoms with Crippen molar-refractivity contribution < 1.29 is 17.9 Å². The number of nitrogens with one attached hydrogen (secondary N) is 1. The number of anilines is 1. The number of rotatable bonds is 10. The second-order valence-corrected chi connectivity index (χ2v) is 11.1. The third-order valence-corrected chi connectivity index (χ3v) is 8.12. The Kier molecular flexibility index (Phi) is 9.01. The molecule has 4 rings (SSSR count). The standard InChI is InChI=1S/C30H28ClN3O4S/c1-22-11-17-27(18-12-22)39(36,37)34(29-10-6-9-28(31)23(29)2)20-30(35)33-32-19-24-13-15-26(16-14-24)38-21-25-7-4-3-5-8-25/h3-19H,20-21H2,1-2H3,(H,33,35)/b32-19-. The first-order valence-electron chi connectivity index (χ1n) is 12.2. The van der Waals surface area contributed by atoms with E-state index in [0.717, 1.165) is 21.0 Å². The molecule has 0 bridgehead atoms. The summed E-state index contributed by atoms with van der Waals surface area (Å²) in [7, 11) is -4.06. The normalized spacial score (nSPS) is 11.4. The van der Waals surface area contributed by atoms with Crippen molar-refractivity contribution in [1.29, 1.82) is 0 Å². The van der Waals surface area contributed by atoms with E-state index in [2.05, 4.69) is 10.5 Å². The molecule has 0 unspecified atom stereocenters. The fourth-order valence-electron chi connectivity index (χ4n) is 3.74. The van der Waals surface area contributed by atoms with E-state index in [4.69, 9.17) is 16.3 Å². The Balaban J connectivity index is 1.44. The van der Waals surface area contributed by atoms with Gasteiger partial charge in [0.25, 0.3) is 15.9 Å².